The van der Waals surface area contributed by atoms with Crippen molar-refractivity contribution < 1.29 is 18.3 Å². The van der Waals surface area contributed by atoms with Gasteiger partial charge >= 0.3 is 0 Å². The maximum absolute atomic E-state index is 14.2. The van der Waals surface area contributed by atoms with Gasteiger partial charge in [0.1, 0.15) is 17.0 Å². The molecule has 0 radical (unpaired) electrons. The van der Waals surface area contributed by atoms with Gasteiger partial charge in [0.25, 0.3) is 5.91 Å². The molecule has 3 aromatic rings. The van der Waals surface area contributed by atoms with Crippen molar-refractivity contribution in [2.24, 2.45) is 0 Å². The average Bonchev–Trinajstić information content (AvgIpc) is 3.35. The predicted molar refractivity (Wildman–Crippen MR) is 106 cm³/mol. The van der Waals surface area contributed by atoms with E-state index in [-0.39, 0.29) is 11.4 Å². The smallest absolute Gasteiger partial charge is 0.278 e. The van der Waals surface area contributed by atoms with Gasteiger partial charge in [-0.05, 0) is 19.1 Å². The lowest BCUT2D eigenvalue weighted by Gasteiger charge is -2.29. The minimum atomic E-state index is -0.735. The van der Waals surface area contributed by atoms with Gasteiger partial charge in [-0.25, -0.2) is 13.8 Å². The lowest BCUT2D eigenvalue weighted by Crippen LogP contribution is -2.43. The Hall–Kier alpha value is -2.43. The Bertz CT molecular complexity index is 1020. The van der Waals surface area contributed by atoms with Crippen molar-refractivity contribution in [2.45, 2.75) is 13.5 Å². The number of amides is 1. The van der Waals surface area contributed by atoms with Gasteiger partial charge in [-0.2, -0.15) is 5.10 Å². The molecule has 1 aliphatic heterocycles. The summed E-state index contributed by atoms with van der Waals surface area (Å²) < 4.78 is 35.1. The number of ether oxygens (including phenoxy) is 1. The fourth-order valence-corrected chi connectivity index (χ4v) is 4.35. The summed E-state index contributed by atoms with van der Waals surface area (Å²) in [6, 6.07) is 3.69. The molecule has 4 rings (SSSR count). The number of aryl methyl sites for hydroxylation is 1. The first kappa shape index (κ1) is 19.9. The molecule has 0 spiro atoms. The van der Waals surface area contributed by atoms with Crippen molar-refractivity contribution in [3.63, 3.8) is 0 Å². The van der Waals surface area contributed by atoms with Crippen LogP contribution in [0.2, 0.25) is 0 Å². The number of nitrogens with zero attached hydrogens (tertiary/aromatic N) is 5. The fourth-order valence-electron chi connectivity index (χ4n) is 3.32. The van der Waals surface area contributed by atoms with E-state index in [1.54, 1.807) is 16.9 Å². The van der Waals surface area contributed by atoms with Crippen LogP contribution in [0.4, 0.5) is 13.9 Å². The highest BCUT2D eigenvalue weighted by atomic mass is 32.1. The van der Waals surface area contributed by atoms with E-state index in [0.29, 0.717) is 48.4 Å². The van der Waals surface area contributed by atoms with Crippen molar-refractivity contribution in [3.8, 4) is 0 Å². The zero-order valence-corrected chi connectivity index (χ0v) is 16.8. The molecule has 29 heavy (non-hydrogen) atoms. The first-order chi connectivity index (χ1) is 14.1. The van der Waals surface area contributed by atoms with E-state index in [1.165, 1.54) is 11.0 Å². The van der Waals surface area contributed by atoms with Crippen LogP contribution >= 0.6 is 11.3 Å². The van der Waals surface area contributed by atoms with E-state index in [4.69, 9.17) is 4.74 Å². The molecule has 0 unspecified atom stereocenters. The van der Waals surface area contributed by atoms with Crippen LogP contribution in [-0.4, -0.2) is 65.0 Å². The molecule has 10 heteroatoms. The van der Waals surface area contributed by atoms with Gasteiger partial charge in [0.2, 0.25) is 0 Å². The van der Waals surface area contributed by atoms with E-state index in [0.717, 1.165) is 30.5 Å². The first-order valence-corrected chi connectivity index (χ1v) is 10.3. The standard InChI is InChI=1S/C19H21F2N5O2S/c1-2-26-15(3-4-22-26)18(27)25(6-5-24-7-9-28-10-8-24)19-23-17-14(21)11-13(20)12-16(17)29-19/h3-4,11-12H,2,5-10H2,1H3. The van der Waals surface area contributed by atoms with E-state index in [1.807, 2.05) is 6.92 Å². The number of benzene rings is 1. The Labute approximate surface area is 170 Å². The molecule has 154 valence electrons. The Morgan fingerprint density at radius 3 is 2.86 bits per heavy atom. The topological polar surface area (TPSA) is 63.5 Å². The molecule has 3 heterocycles. The molecule has 1 amide bonds. The summed E-state index contributed by atoms with van der Waals surface area (Å²) in [7, 11) is 0. The van der Waals surface area contributed by atoms with E-state index in [2.05, 4.69) is 15.0 Å². The lowest BCUT2D eigenvalue weighted by atomic mass is 10.3. The number of hydrogen-bond acceptors (Lipinski definition) is 6. The number of carbonyl (C=O) groups excluding carboxylic acids is 1. The molecule has 1 aliphatic rings. The molecule has 2 aromatic heterocycles. The number of thiazole rings is 1. The minimum absolute atomic E-state index is 0.0690. The largest absolute Gasteiger partial charge is 0.379 e. The Morgan fingerprint density at radius 2 is 2.10 bits per heavy atom. The SMILES string of the molecule is CCn1nccc1C(=O)N(CCN1CCOCC1)c1nc2c(F)cc(F)cc2s1. The molecule has 0 saturated carbocycles. The summed E-state index contributed by atoms with van der Waals surface area (Å²) in [5, 5.41) is 4.51. The second kappa shape index (κ2) is 8.52. The number of morpholine rings is 1. The van der Waals surface area contributed by atoms with Crippen LogP contribution in [0, 0.1) is 11.6 Å². The van der Waals surface area contributed by atoms with Crippen molar-refractivity contribution in [1.82, 2.24) is 19.7 Å². The number of aromatic nitrogens is 3. The minimum Gasteiger partial charge on any atom is -0.379 e. The number of rotatable bonds is 6. The zero-order chi connectivity index (χ0) is 20.4. The third kappa shape index (κ3) is 4.14. The Balaban J connectivity index is 1.67. The maximum Gasteiger partial charge on any atom is 0.278 e. The van der Waals surface area contributed by atoms with Crippen molar-refractivity contribution >= 4 is 32.6 Å². The number of halogens is 2. The number of anilines is 1. The molecular weight excluding hydrogens is 400 g/mol. The second-order valence-electron chi connectivity index (χ2n) is 6.67. The van der Waals surface area contributed by atoms with Crippen LogP contribution in [-0.2, 0) is 11.3 Å². The van der Waals surface area contributed by atoms with Crippen molar-refractivity contribution in [3.05, 3.63) is 41.7 Å². The van der Waals surface area contributed by atoms with Gasteiger partial charge in [-0.3, -0.25) is 19.3 Å². The fraction of sp³-hybridized carbons (Fsp3) is 0.421. The molecule has 7 nitrogen and oxygen atoms in total. The van der Waals surface area contributed by atoms with Gasteiger partial charge in [0, 0.05) is 45.0 Å². The normalized spacial score (nSPS) is 15.1. The Morgan fingerprint density at radius 1 is 1.31 bits per heavy atom. The molecule has 0 aliphatic carbocycles. The van der Waals surface area contributed by atoms with Crippen LogP contribution in [0.5, 0.6) is 0 Å². The van der Waals surface area contributed by atoms with Crippen LogP contribution in [0.15, 0.2) is 24.4 Å². The van der Waals surface area contributed by atoms with Crippen LogP contribution in [0.25, 0.3) is 10.2 Å². The van der Waals surface area contributed by atoms with Gasteiger partial charge in [0.15, 0.2) is 10.9 Å². The monoisotopic (exact) mass is 421 g/mol. The first-order valence-electron chi connectivity index (χ1n) is 9.46. The third-order valence-electron chi connectivity index (χ3n) is 4.86. The van der Waals surface area contributed by atoms with Gasteiger partial charge in [0.05, 0.1) is 17.9 Å². The van der Waals surface area contributed by atoms with E-state index >= 15 is 0 Å². The summed E-state index contributed by atoms with van der Waals surface area (Å²) in [5.41, 5.74) is 0.500. The molecular formula is C19H21F2N5O2S. The second-order valence-corrected chi connectivity index (χ2v) is 7.68. The summed E-state index contributed by atoms with van der Waals surface area (Å²) >= 11 is 1.10. The summed E-state index contributed by atoms with van der Waals surface area (Å²) in [6.45, 7) is 6.33. The predicted octanol–water partition coefficient (Wildman–Crippen LogP) is 2.77. The summed E-state index contributed by atoms with van der Waals surface area (Å²) in [4.78, 5) is 21.4. The van der Waals surface area contributed by atoms with Gasteiger partial charge < -0.3 is 4.74 Å². The molecule has 0 atom stereocenters. The Kier molecular flexibility index (Phi) is 5.84. The van der Waals surface area contributed by atoms with Gasteiger partial charge in [-0.15, -0.1) is 0 Å². The molecule has 1 aromatic carbocycles. The average molecular weight is 421 g/mol. The van der Waals surface area contributed by atoms with E-state index in [9.17, 15) is 13.6 Å². The zero-order valence-electron chi connectivity index (χ0n) is 16.0. The lowest BCUT2D eigenvalue weighted by molar-refractivity contribution is 0.0391. The van der Waals surface area contributed by atoms with E-state index < -0.39 is 11.6 Å². The van der Waals surface area contributed by atoms with Crippen LogP contribution < -0.4 is 4.90 Å². The molecule has 1 saturated heterocycles. The molecule has 0 bridgehead atoms. The molecule has 1 fully saturated rings. The van der Waals surface area contributed by atoms with Gasteiger partial charge in [-0.1, -0.05) is 11.3 Å². The number of carbonyl (C=O) groups is 1. The van der Waals surface area contributed by atoms with Crippen molar-refractivity contribution in [1.29, 1.82) is 0 Å². The third-order valence-corrected chi connectivity index (χ3v) is 5.88. The van der Waals surface area contributed by atoms with Crippen LogP contribution in [0.1, 0.15) is 17.4 Å². The number of fused-ring (bicyclic) bond motifs is 1. The quantitative estimate of drug-likeness (QED) is 0.613. The summed E-state index contributed by atoms with van der Waals surface area (Å²) in [6.07, 6.45) is 1.57. The van der Waals surface area contributed by atoms with Crippen molar-refractivity contribution in [2.75, 3.05) is 44.3 Å². The van der Waals surface area contributed by atoms with Crippen LogP contribution in [0.3, 0.4) is 0 Å². The highest BCUT2D eigenvalue weighted by Crippen LogP contribution is 2.32. The number of hydrogen-bond donors (Lipinski definition) is 0. The maximum atomic E-state index is 14.2. The highest BCUT2D eigenvalue weighted by Gasteiger charge is 2.25. The summed E-state index contributed by atoms with van der Waals surface area (Å²) in [5.74, 6) is -1.67. The molecule has 0 N–H and O–H groups in total. The highest BCUT2D eigenvalue weighted by molar-refractivity contribution is 7.22.